The van der Waals surface area contributed by atoms with Crippen LogP contribution in [0.4, 0.5) is 0 Å². The molecule has 4 N–H and O–H groups in total. The molecule has 0 aromatic heterocycles. The summed E-state index contributed by atoms with van der Waals surface area (Å²) in [6, 6.07) is 0. The Morgan fingerprint density at radius 2 is 1.00 bits per heavy atom. The van der Waals surface area contributed by atoms with E-state index in [-0.39, 0.29) is 36.3 Å². The summed E-state index contributed by atoms with van der Waals surface area (Å²) in [5.74, 6) is 8.00. The van der Waals surface area contributed by atoms with E-state index >= 15 is 0 Å². The molecule has 4 heteroatoms. The zero-order valence-corrected chi connectivity index (χ0v) is 7.12. The van der Waals surface area contributed by atoms with Crippen LogP contribution in [0.15, 0.2) is 0 Å². The summed E-state index contributed by atoms with van der Waals surface area (Å²) < 4.78 is 0. The van der Waals surface area contributed by atoms with Gasteiger partial charge >= 0.3 is 23.9 Å². The summed E-state index contributed by atoms with van der Waals surface area (Å²) in [7, 11) is 0. The fourth-order valence-corrected chi connectivity index (χ4v) is 0. The minimum atomic E-state index is 0. The van der Waals surface area contributed by atoms with Crippen LogP contribution in [0, 0.1) is 0 Å². The number of nitrogens with two attached hydrogens (primary N) is 2. The molecule has 0 atom stereocenters. The molecule has 0 fully saturated rings. The van der Waals surface area contributed by atoms with Gasteiger partial charge in [0.25, 0.3) is 0 Å². The predicted octanol–water partition coefficient (Wildman–Crippen LogP) is -1.68. The Labute approximate surface area is 48.3 Å². The van der Waals surface area contributed by atoms with Crippen LogP contribution in [0.3, 0.4) is 0 Å². The molecular formula is H7ClN2Sn. The second kappa shape index (κ2) is 35.7. The Balaban J connectivity index is -0.00000000500. The van der Waals surface area contributed by atoms with Gasteiger partial charge in [-0.25, -0.2) is 0 Å². The first-order valence-corrected chi connectivity index (χ1v) is 0.333. The van der Waals surface area contributed by atoms with Gasteiger partial charge in [-0.05, 0) is 0 Å². The Kier molecular flexibility index (Phi) is 178. The van der Waals surface area contributed by atoms with Crippen LogP contribution in [0.2, 0.25) is 0 Å². The fraction of sp³-hybridized carbons (Fsp3) is 0. The van der Waals surface area contributed by atoms with Crippen molar-refractivity contribution >= 4 is 36.3 Å². The zero-order valence-electron chi connectivity index (χ0n) is 2.27. The van der Waals surface area contributed by atoms with Crippen molar-refractivity contribution in [2.75, 3.05) is 0 Å². The van der Waals surface area contributed by atoms with E-state index < -0.39 is 0 Å². The summed E-state index contributed by atoms with van der Waals surface area (Å²) in [6.07, 6.45) is 0. The van der Waals surface area contributed by atoms with Gasteiger partial charge in [0, 0.05) is 0 Å². The molecule has 28 valence electrons. The molecule has 0 amide bonds. The molecule has 0 aliphatic rings. The molecule has 0 spiro atoms. The number of hydrazine groups is 1. The maximum atomic E-state index is 4.00. The molecule has 0 rings (SSSR count). The first-order valence-electron chi connectivity index (χ1n) is 0.333. The summed E-state index contributed by atoms with van der Waals surface area (Å²) in [5.41, 5.74) is 0. The quantitative estimate of drug-likeness (QED) is 0.272. The molecule has 0 unspecified atom stereocenters. The molecule has 0 saturated carbocycles. The van der Waals surface area contributed by atoms with Gasteiger partial charge in [0.2, 0.25) is 0 Å². The van der Waals surface area contributed by atoms with Gasteiger partial charge in [0.05, 0.1) is 0 Å². The Morgan fingerprint density at radius 1 is 1.00 bits per heavy atom. The van der Waals surface area contributed by atoms with Crippen LogP contribution in [0.1, 0.15) is 0 Å². The van der Waals surface area contributed by atoms with Gasteiger partial charge < -0.3 is 0 Å². The second-order valence-corrected chi connectivity index (χ2v) is 0. The number of hydrogen-bond acceptors (Lipinski definition) is 2. The normalized spacial score (nSPS) is 1.50. The van der Waals surface area contributed by atoms with Crippen LogP contribution >= 0.6 is 12.4 Å². The zero-order chi connectivity index (χ0) is 2.00. The summed E-state index contributed by atoms with van der Waals surface area (Å²) in [5, 5.41) is 0. The molecule has 4 heavy (non-hydrogen) atoms. The molecule has 0 aliphatic heterocycles. The van der Waals surface area contributed by atoms with Crippen molar-refractivity contribution in [3.05, 3.63) is 0 Å². The van der Waals surface area contributed by atoms with Crippen molar-refractivity contribution in [1.29, 1.82) is 0 Å². The van der Waals surface area contributed by atoms with Gasteiger partial charge in [0.1, 0.15) is 0 Å². The summed E-state index contributed by atoms with van der Waals surface area (Å²) in [6.45, 7) is 0. The monoisotopic (exact) mass is 190 g/mol. The SMILES string of the molecule is Cl.NN.[SnH2]. The van der Waals surface area contributed by atoms with E-state index in [1.165, 1.54) is 0 Å². The van der Waals surface area contributed by atoms with Crippen LogP contribution in [0.5, 0.6) is 0 Å². The van der Waals surface area contributed by atoms with Gasteiger partial charge in [-0.2, -0.15) is 0 Å². The van der Waals surface area contributed by atoms with Gasteiger partial charge in [-0.1, -0.05) is 0 Å². The maximum absolute atomic E-state index is 4.00. The third kappa shape index (κ3) is 11.9. The van der Waals surface area contributed by atoms with Crippen LogP contribution < -0.4 is 11.7 Å². The summed E-state index contributed by atoms with van der Waals surface area (Å²) >= 11 is 0. The van der Waals surface area contributed by atoms with Crippen LogP contribution in [-0.4, -0.2) is 23.9 Å². The number of rotatable bonds is 0. The fourth-order valence-electron chi connectivity index (χ4n) is 0. The molecule has 0 bridgehead atoms. The third-order valence-electron chi connectivity index (χ3n) is 0. The molecular weight excluding hydrogens is 182 g/mol. The minimum absolute atomic E-state index is 0. The first kappa shape index (κ1) is 19.9. The average molecular weight is 189 g/mol. The Morgan fingerprint density at radius 3 is 1.00 bits per heavy atom. The molecule has 0 aromatic carbocycles. The van der Waals surface area contributed by atoms with E-state index in [1.54, 1.807) is 0 Å². The van der Waals surface area contributed by atoms with Crippen molar-refractivity contribution in [1.82, 2.24) is 0 Å². The van der Waals surface area contributed by atoms with Gasteiger partial charge in [0.15, 0.2) is 0 Å². The van der Waals surface area contributed by atoms with Crippen molar-refractivity contribution in [3.8, 4) is 0 Å². The molecule has 2 nitrogen and oxygen atoms in total. The molecule has 0 aromatic rings. The van der Waals surface area contributed by atoms with E-state index in [2.05, 4.69) is 11.7 Å². The third-order valence-corrected chi connectivity index (χ3v) is 0. The van der Waals surface area contributed by atoms with Crippen LogP contribution in [-0.2, 0) is 0 Å². The van der Waals surface area contributed by atoms with Crippen molar-refractivity contribution in [2.24, 2.45) is 11.7 Å². The van der Waals surface area contributed by atoms with E-state index in [0.717, 1.165) is 0 Å². The predicted molar refractivity (Wildman–Crippen MR) is 24.2 cm³/mol. The molecule has 0 heterocycles. The van der Waals surface area contributed by atoms with Gasteiger partial charge in [-0.3, -0.25) is 11.7 Å². The van der Waals surface area contributed by atoms with E-state index in [4.69, 9.17) is 0 Å². The molecule has 2 radical (unpaired) electrons. The number of hydrogen-bond donors (Lipinski definition) is 2. The van der Waals surface area contributed by atoms with Crippen molar-refractivity contribution in [3.63, 3.8) is 0 Å². The van der Waals surface area contributed by atoms with E-state index in [9.17, 15) is 0 Å². The Bertz CT molecular complexity index is 6.00. The standard InChI is InChI=1S/ClH.H4N2.Sn.2H/c;1-2;;;/h1H;1-2H2;;;. The van der Waals surface area contributed by atoms with Gasteiger partial charge in [-0.15, -0.1) is 12.4 Å². The van der Waals surface area contributed by atoms with Crippen LogP contribution in [0.25, 0.3) is 0 Å². The Hall–Kier alpha value is 1.01. The molecule has 0 aliphatic carbocycles. The van der Waals surface area contributed by atoms with E-state index in [1.807, 2.05) is 0 Å². The molecule has 0 saturated heterocycles. The topological polar surface area (TPSA) is 52.0 Å². The second-order valence-electron chi connectivity index (χ2n) is 0. The van der Waals surface area contributed by atoms with E-state index in [0.29, 0.717) is 0 Å². The number of halogens is 1. The average Bonchev–Trinajstić information content (AvgIpc) is 1.00. The van der Waals surface area contributed by atoms with Crippen molar-refractivity contribution < 1.29 is 0 Å². The summed E-state index contributed by atoms with van der Waals surface area (Å²) in [4.78, 5) is 0. The van der Waals surface area contributed by atoms with Crippen molar-refractivity contribution in [2.45, 2.75) is 0 Å². The first-order chi connectivity index (χ1) is 1.00.